The molecule has 0 radical (unpaired) electrons. The molecule has 0 amide bonds. The molecule has 7 nitrogen and oxygen atoms in total. The molecule has 0 saturated heterocycles. The zero-order valence-corrected chi connectivity index (χ0v) is 12.4. The van der Waals surface area contributed by atoms with Crippen LogP contribution in [0.2, 0.25) is 5.02 Å². The van der Waals surface area contributed by atoms with Gasteiger partial charge in [0, 0.05) is 0 Å². The van der Waals surface area contributed by atoms with Gasteiger partial charge in [-0.3, -0.25) is 4.98 Å². The van der Waals surface area contributed by atoms with E-state index < -0.39 is 21.8 Å². The Morgan fingerprint density at radius 2 is 2.05 bits per heavy atom. The Morgan fingerprint density at radius 1 is 1.32 bits per heavy atom. The quantitative estimate of drug-likeness (QED) is 0.848. The molecule has 0 aliphatic rings. The molecule has 0 spiro atoms. The lowest BCUT2D eigenvalue weighted by atomic mass is 10.3. The van der Waals surface area contributed by atoms with Crippen molar-refractivity contribution in [2.45, 2.75) is 11.4 Å². The van der Waals surface area contributed by atoms with E-state index in [0.29, 0.717) is 0 Å². The molecular formula is C12H9ClFN3O4S. The highest BCUT2D eigenvalue weighted by atomic mass is 35.5. The van der Waals surface area contributed by atoms with Crippen molar-refractivity contribution in [2.24, 2.45) is 0 Å². The van der Waals surface area contributed by atoms with Gasteiger partial charge in [-0.1, -0.05) is 11.6 Å². The van der Waals surface area contributed by atoms with Gasteiger partial charge in [-0.2, -0.15) is 0 Å². The van der Waals surface area contributed by atoms with Crippen LogP contribution in [0.5, 0.6) is 0 Å². The van der Waals surface area contributed by atoms with Crippen LogP contribution in [0.4, 0.5) is 4.39 Å². The number of aromatic nitrogens is 2. The molecule has 1 aromatic carbocycles. The first-order valence-electron chi connectivity index (χ1n) is 5.78. The Labute approximate surface area is 129 Å². The number of aromatic carboxylic acids is 1. The van der Waals surface area contributed by atoms with Gasteiger partial charge in [-0.05, 0) is 18.2 Å². The van der Waals surface area contributed by atoms with E-state index in [-0.39, 0.29) is 27.9 Å². The first kappa shape index (κ1) is 16.3. The lowest BCUT2D eigenvalue weighted by molar-refractivity contribution is 0.0690. The molecule has 1 aromatic heterocycles. The summed E-state index contributed by atoms with van der Waals surface area (Å²) in [5.74, 6) is -1.96. The Morgan fingerprint density at radius 3 is 2.59 bits per heavy atom. The Hall–Kier alpha value is -2.10. The summed E-state index contributed by atoms with van der Waals surface area (Å²) in [5.41, 5.74) is -0.0290. The number of halogens is 2. The minimum Gasteiger partial charge on any atom is -0.476 e. The third-order valence-corrected chi connectivity index (χ3v) is 4.26. The van der Waals surface area contributed by atoms with Gasteiger partial charge < -0.3 is 5.11 Å². The second kappa shape index (κ2) is 6.34. The van der Waals surface area contributed by atoms with E-state index >= 15 is 0 Å². The van der Waals surface area contributed by atoms with Gasteiger partial charge in [0.15, 0.2) is 5.69 Å². The van der Waals surface area contributed by atoms with Crippen molar-refractivity contribution in [1.82, 2.24) is 14.7 Å². The summed E-state index contributed by atoms with van der Waals surface area (Å²) < 4.78 is 39.3. The van der Waals surface area contributed by atoms with Crippen molar-refractivity contribution >= 4 is 27.6 Å². The van der Waals surface area contributed by atoms with Crippen LogP contribution in [0.25, 0.3) is 0 Å². The zero-order chi connectivity index (χ0) is 16.3. The van der Waals surface area contributed by atoms with Crippen molar-refractivity contribution in [3.8, 4) is 0 Å². The van der Waals surface area contributed by atoms with Gasteiger partial charge >= 0.3 is 5.97 Å². The average molecular weight is 346 g/mol. The lowest BCUT2D eigenvalue weighted by Crippen LogP contribution is -2.24. The van der Waals surface area contributed by atoms with Crippen LogP contribution in [-0.2, 0) is 16.6 Å². The zero-order valence-electron chi connectivity index (χ0n) is 10.8. The maximum absolute atomic E-state index is 13.0. The fourth-order valence-electron chi connectivity index (χ4n) is 1.45. The van der Waals surface area contributed by atoms with Crippen LogP contribution >= 0.6 is 11.6 Å². The van der Waals surface area contributed by atoms with Crippen molar-refractivity contribution < 1.29 is 22.7 Å². The smallest absolute Gasteiger partial charge is 0.356 e. The molecule has 0 saturated carbocycles. The number of carbonyl (C=O) groups is 1. The standard InChI is InChI=1S/C12H9ClFN3O4S/c13-9-3-8(1-2-10(9)14)22(20,21)17-5-7-4-16-11(6-15-7)12(18)19/h1-4,6,17H,5H2,(H,18,19). The number of sulfonamides is 1. The van der Waals surface area contributed by atoms with Gasteiger partial charge in [0.2, 0.25) is 10.0 Å². The van der Waals surface area contributed by atoms with Crippen LogP contribution < -0.4 is 4.72 Å². The topological polar surface area (TPSA) is 109 Å². The van der Waals surface area contributed by atoms with Gasteiger partial charge in [0.1, 0.15) is 5.82 Å². The van der Waals surface area contributed by atoms with Crippen molar-refractivity contribution in [1.29, 1.82) is 0 Å². The van der Waals surface area contributed by atoms with E-state index in [9.17, 15) is 17.6 Å². The molecular weight excluding hydrogens is 337 g/mol. The number of benzene rings is 1. The van der Waals surface area contributed by atoms with Crippen LogP contribution in [0.3, 0.4) is 0 Å². The third kappa shape index (κ3) is 3.75. The highest BCUT2D eigenvalue weighted by Gasteiger charge is 2.16. The normalized spacial score (nSPS) is 11.4. The predicted molar refractivity (Wildman–Crippen MR) is 74.4 cm³/mol. The summed E-state index contributed by atoms with van der Waals surface area (Å²) >= 11 is 5.54. The van der Waals surface area contributed by atoms with Gasteiger partial charge in [0.05, 0.1) is 34.6 Å². The molecule has 2 rings (SSSR count). The van der Waals surface area contributed by atoms with E-state index in [1.807, 2.05) is 0 Å². The van der Waals surface area contributed by atoms with Crippen LogP contribution in [0.15, 0.2) is 35.5 Å². The van der Waals surface area contributed by atoms with Gasteiger partial charge in [0.25, 0.3) is 0 Å². The highest BCUT2D eigenvalue weighted by molar-refractivity contribution is 7.89. The van der Waals surface area contributed by atoms with Crippen molar-refractivity contribution in [3.63, 3.8) is 0 Å². The van der Waals surface area contributed by atoms with E-state index in [2.05, 4.69) is 14.7 Å². The summed E-state index contributed by atoms with van der Waals surface area (Å²) in [7, 11) is -3.91. The molecule has 0 aliphatic carbocycles. The average Bonchev–Trinajstić information content (AvgIpc) is 2.48. The maximum Gasteiger partial charge on any atom is 0.356 e. The molecule has 0 bridgehead atoms. The molecule has 22 heavy (non-hydrogen) atoms. The Kier molecular flexibility index (Phi) is 4.69. The molecule has 2 N–H and O–H groups in total. The maximum atomic E-state index is 13.0. The Bertz CT molecular complexity index is 812. The highest BCUT2D eigenvalue weighted by Crippen LogP contribution is 2.19. The number of rotatable bonds is 5. The van der Waals surface area contributed by atoms with Crippen LogP contribution in [-0.4, -0.2) is 29.5 Å². The first-order chi connectivity index (χ1) is 10.3. The number of nitrogens with one attached hydrogen (secondary N) is 1. The molecule has 10 heteroatoms. The van der Waals surface area contributed by atoms with Crippen molar-refractivity contribution in [2.75, 3.05) is 0 Å². The third-order valence-electron chi connectivity index (χ3n) is 2.57. The molecule has 1 heterocycles. The molecule has 0 unspecified atom stereocenters. The summed E-state index contributed by atoms with van der Waals surface area (Å²) in [6.07, 6.45) is 2.16. The summed E-state index contributed by atoms with van der Waals surface area (Å²) in [6, 6.07) is 3.00. The van der Waals surface area contributed by atoms with Crippen molar-refractivity contribution in [3.05, 3.63) is 52.8 Å². The molecule has 0 aliphatic heterocycles. The number of carboxylic acid groups (broad SMARTS) is 1. The monoisotopic (exact) mass is 345 g/mol. The van der Waals surface area contributed by atoms with Gasteiger partial charge in [-0.25, -0.2) is 27.3 Å². The fraction of sp³-hybridized carbons (Fsp3) is 0.0833. The minimum absolute atomic E-state index is 0.200. The molecule has 0 fully saturated rings. The summed E-state index contributed by atoms with van der Waals surface area (Å²) in [4.78, 5) is 17.8. The Balaban J connectivity index is 2.12. The molecule has 0 atom stereocenters. The molecule has 2 aromatic rings. The number of carboxylic acids is 1. The number of hydrogen-bond acceptors (Lipinski definition) is 5. The van der Waals surface area contributed by atoms with E-state index in [1.54, 1.807) is 0 Å². The van der Waals surface area contributed by atoms with Crippen LogP contribution in [0, 0.1) is 5.82 Å². The second-order valence-corrected chi connectivity index (χ2v) is 6.27. The predicted octanol–water partition coefficient (Wildman–Crippen LogP) is 1.45. The first-order valence-corrected chi connectivity index (χ1v) is 7.64. The number of nitrogens with zero attached hydrogens (tertiary/aromatic N) is 2. The lowest BCUT2D eigenvalue weighted by Gasteiger charge is -2.07. The second-order valence-electron chi connectivity index (χ2n) is 4.10. The largest absolute Gasteiger partial charge is 0.476 e. The summed E-state index contributed by atoms with van der Waals surface area (Å²) in [6.45, 7) is -0.204. The fourth-order valence-corrected chi connectivity index (χ4v) is 2.72. The SMILES string of the molecule is O=C(O)c1cnc(CNS(=O)(=O)c2ccc(F)c(Cl)c2)cn1. The van der Waals surface area contributed by atoms with Crippen LogP contribution in [0.1, 0.15) is 16.2 Å². The van der Waals surface area contributed by atoms with E-state index in [1.165, 1.54) is 0 Å². The summed E-state index contributed by atoms with van der Waals surface area (Å²) in [5, 5.41) is 8.36. The van der Waals surface area contributed by atoms with E-state index in [4.69, 9.17) is 16.7 Å². The molecule has 116 valence electrons. The van der Waals surface area contributed by atoms with Gasteiger partial charge in [-0.15, -0.1) is 0 Å². The minimum atomic E-state index is -3.91. The number of hydrogen-bond donors (Lipinski definition) is 2. The van der Waals surface area contributed by atoms with E-state index in [0.717, 1.165) is 30.6 Å².